The van der Waals surface area contributed by atoms with Crippen molar-refractivity contribution in [1.29, 1.82) is 0 Å². The van der Waals surface area contributed by atoms with Gasteiger partial charge in [0.2, 0.25) is 0 Å². The molecule has 0 amide bonds. The van der Waals surface area contributed by atoms with Crippen LogP contribution in [-0.4, -0.2) is 30.1 Å². The average Bonchev–Trinajstić information content (AvgIpc) is 2.64. The molecular weight excluding hydrogens is 338 g/mol. The maximum absolute atomic E-state index is 13.6. The van der Waals surface area contributed by atoms with Crippen LogP contribution in [0, 0.1) is 11.6 Å². The number of benzene rings is 1. The summed E-state index contributed by atoms with van der Waals surface area (Å²) in [6, 6.07) is 8.96. The number of rotatable bonds is 8. The summed E-state index contributed by atoms with van der Waals surface area (Å²) in [6.07, 6.45) is 2.11. The Hall–Kier alpha value is -2.70. The molecule has 1 aromatic carbocycles. The first-order valence-electron chi connectivity index (χ1n) is 8.66. The third-order valence-electron chi connectivity index (χ3n) is 3.62. The van der Waals surface area contributed by atoms with Crippen molar-refractivity contribution in [3.05, 3.63) is 59.9 Å². The van der Waals surface area contributed by atoms with E-state index in [2.05, 4.69) is 20.6 Å². The van der Waals surface area contributed by atoms with Crippen molar-refractivity contribution in [2.75, 3.05) is 13.1 Å². The van der Waals surface area contributed by atoms with Gasteiger partial charge >= 0.3 is 0 Å². The number of ether oxygens (including phenoxy) is 1. The normalized spacial score (nSPS) is 12.5. The van der Waals surface area contributed by atoms with Gasteiger partial charge in [0.15, 0.2) is 5.96 Å². The van der Waals surface area contributed by atoms with E-state index in [0.29, 0.717) is 24.8 Å². The van der Waals surface area contributed by atoms with E-state index in [1.54, 1.807) is 18.2 Å². The van der Waals surface area contributed by atoms with Gasteiger partial charge in [-0.1, -0.05) is 13.0 Å². The number of pyridine rings is 1. The maximum Gasteiger partial charge on any atom is 0.191 e. The van der Waals surface area contributed by atoms with Crippen LogP contribution in [0.3, 0.4) is 0 Å². The molecule has 0 fully saturated rings. The highest BCUT2D eigenvalue weighted by Crippen LogP contribution is 2.14. The first-order valence-corrected chi connectivity index (χ1v) is 8.66. The molecule has 2 N–H and O–H groups in total. The van der Waals surface area contributed by atoms with Gasteiger partial charge in [0.1, 0.15) is 23.5 Å². The smallest absolute Gasteiger partial charge is 0.191 e. The van der Waals surface area contributed by atoms with Gasteiger partial charge in [-0.05, 0) is 37.6 Å². The van der Waals surface area contributed by atoms with Gasteiger partial charge in [-0.3, -0.25) is 4.98 Å². The molecule has 0 saturated carbocycles. The molecule has 2 aromatic rings. The molecule has 0 aliphatic rings. The second kappa shape index (κ2) is 10.3. The molecule has 0 aliphatic heterocycles. The standard InChI is InChI=1S/C19H24F2N4O/c1-3-15(26-16-8-5-7-14(20)11-16)12-24-19(22-4-2)25-13-18-17(21)9-6-10-23-18/h5-11,15H,3-4,12-13H2,1-2H3,(H2,22,24,25). The summed E-state index contributed by atoms with van der Waals surface area (Å²) in [6.45, 7) is 5.20. The number of nitrogens with one attached hydrogen (secondary N) is 2. The lowest BCUT2D eigenvalue weighted by Gasteiger charge is -2.20. The predicted octanol–water partition coefficient (Wildman–Crippen LogP) is 3.27. The van der Waals surface area contributed by atoms with E-state index in [-0.39, 0.29) is 30.0 Å². The van der Waals surface area contributed by atoms with Crippen molar-refractivity contribution in [3.8, 4) is 5.75 Å². The highest BCUT2D eigenvalue weighted by Gasteiger charge is 2.10. The predicted molar refractivity (Wildman–Crippen MR) is 98.1 cm³/mol. The van der Waals surface area contributed by atoms with E-state index in [4.69, 9.17) is 4.74 Å². The molecule has 7 heteroatoms. The molecule has 0 saturated heterocycles. The van der Waals surface area contributed by atoms with Crippen molar-refractivity contribution in [2.24, 2.45) is 4.99 Å². The summed E-state index contributed by atoms with van der Waals surface area (Å²) in [5.41, 5.74) is 0.285. The highest BCUT2D eigenvalue weighted by atomic mass is 19.1. The van der Waals surface area contributed by atoms with Crippen LogP contribution in [0.25, 0.3) is 0 Å². The molecule has 1 aromatic heterocycles. The van der Waals surface area contributed by atoms with Crippen molar-refractivity contribution in [1.82, 2.24) is 15.6 Å². The summed E-state index contributed by atoms with van der Waals surface area (Å²) >= 11 is 0. The van der Waals surface area contributed by atoms with Crippen LogP contribution in [-0.2, 0) is 6.54 Å². The minimum absolute atomic E-state index is 0.129. The lowest BCUT2D eigenvalue weighted by atomic mass is 10.2. The van der Waals surface area contributed by atoms with E-state index in [1.165, 1.54) is 24.4 Å². The number of hydrogen-bond acceptors (Lipinski definition) is 3. The molecule has 140 valence electrons. The number of aromatic nitrogens is 1. The van der Waals surface area contributed by atoms with Gasteiger partial charge in [-0.25, -0.2) is 13.8 Å². The zero-order valence-corrected chi connectivity index (χ0v) is 15.0. The van der Waals surface area contributed by atoms with Crippen molar-refractivity contribution in [3.63, 3.8) is 0 Å². The fraction of sp³-hybridized carbons (Fsp3) is 0.368. The molecule has 1 atom stereocenters. The largest absolute Gasteiger partial charge is 0.489 e. The minimum atomic E-state index is -0.382. The zero-order chi connectivity index (χ0) is 18.8. The van der Waals surface area contributed by atoms with Crippen LogP contribution in [0.4, 0.5) is 8.78 Å². The second-order valence-electron chi connectivity index (χ2n) is 5.61. The van der Waals surface area contributed by atoms with E-state index in [0.717, 1.165) is 6.42 Å². The molecule has 1 unspecified atom stereocenters. The molecule has 0 aliphatic carbocycles. The minimum Gasteiger partial charge on any atom is -0.489 e. The topological polar surface area (TPSA) is 58.5 Å². The Kier molecular flexibility index (Phi) is 7.79. The number of aliphatic imine (C=N–C) groups is 1. The van der Waals surface area contributed by atoms with Crippen molar-refractivity contribution < 1.29 is 13.5 Å². The van der Waals surface area contributed by atoms with Gasteiger partial charge in [0.05, 0.1) is 18.8 Å². The van der Waals surface area contributed by atoms with Gasteiger partial charge in [0.25, 0.3) is 0 Å². The Morgan fingerprint density at radius 3 is 2.73 bits per heavy atom. The molecule has 0 spiro atoms. The summed E-state index contributed by atoms with van der Waals surface area (Å²) in [5.74, 6) is 0.306. The van der Waals surface area contributed by atoms with Crippen LogP contribution in [0.5, 0.6) is 5.75 Å². The zero-order valence-electron chi connectivity index (χ0n) is 15.0. The fourth-order valence-electron chi connectivity index (χ4n) is 2.24. The van der Waals surface area contributed by atoms with Crippen LogP contribution >= 0.6 is 0 Å². The second-order valence-corrected chi connectivity index (χ2v) is 5.61. The molecule has 5 nitrogen and oxygen atoms in total. The average molecular weight is 362 g/mol. The molecule has 1 heterocycles. The van der Waals surface area contributed by atoms with Crippen molar-refractivity contribution in [2.45, 2.75) is 32.9 Å². The SMILES string of the molecule is CCNC(=NCc1ncccc1F)NCC(CC)Oc1cccc(F)c1. The molecule has 0 radical (unpaired) electrons. The summed E-state index contributed by atoms with van der Waals surface area (Å²) in [4.78, 5) is 8.34. The summed E-state index contributed by atoms with van der Waals surface area (Å²) in [5, 5.41) is 6.26. The summed E-state index contributed by atoms with van der Waals surface area (Å²) < 4.78 is 32.7. The van der Waals surface area contributed by atoms with E-state index in [1.807, 2.05) is 13.8 Å². The van der Waals surface area contributed by atoms with Gasteiger partial charge in [0, 0.05) is 18.8 Å². The summed E-state index contributed by atoms with van der Waals surface area (Å²) in [7, 11) is 0. The van der Waals surface area contributed by atoms with E-state index >= 15 is 0 Å². The Bertz CT molecular complexity index is 724. The molecule has 0 bridgehead atoms. The fourth-order valence-corrected chi connectivity index (χ4v) is 2.24. The van der Waals surface area contributed by atoms with Crippen molar-refractivity contribution >= 4 is 5.96 Å². The number of halogens is 2. The molecule has 26 heavy (non-hydrogen) atoms. The number of guanidine groups is 1. The Morgan fingerprint density at radius 2 is 2.04 bits per heavy atom. The Balaban J connectivity index is 1.95. The maximum atomic E-state index is 13.6. The van der Waals surface area contributed by atoms with Crippen LogP contribution in [0.2, 0.25) is 0 Å². The first-order chi connectivity index (χ1) is 12.6. The van der Waals surface area contributed by atoms with Gasteiger partial charge in [-0.2, -0.15) is 0 Å². The lowest BCUT2D eigenvalue weighted by molar-refractivity contribution is 0.198. The quantitative estimate of drug-likeness (QED) is 0.559. The van der Waals surface area contributed by atoms with E-state index in [9.17, 15) is 8.78 Å². The van der Waals surface area contributed by atoms with Crippen LogP contribution < -0.4 is 15.4 Å². The monoisotopic (exact) mass is 362 g/mol. The van der Waals surface area contributed by atoms with Crippen LogP contribution in [0.1, 0.15) is 26.0 Å². The lowest BCUT2D eigenvalue weighted by Crippen LogP contribution is -2.42. The van der Waals surface area contributed by atoms with E-state index < -0.39 is 0 Å². The first kappa shape index (κ1) is 19.6. The van der Waals surface area contributed by atoms with Gasteiger partial charge < -0.3 is 15.4 Å². The number of hydrogen-bond donors (Lipinski definition) is 2. The van der Waals surface area contributed by atoms with Crippen LogP contribution in [0.15, 0.2) is 47.6 Å². The number of nitrogens with zero attached hydrogens (tertiary/aromatic N) is 2. The third-order valence-corrected chi connectivity index (χ3v) is 3.62. The third kappa shape index (κ3) is 6.31. The van der Waals surface area contributed by atoms with Gasteiger partial charge in [-0.15, -0.1) is 0 Å². The Labute approximate surface area is 152 Å². The molecule has 2 rings (SSSR count). The molecular formula is C19H24F2N4O. The Morgan fingerprint density at radius 1 is 1.19 bits per heavy atom. The highest BCUT2D eigenvalue weighted by molar-refractivity contribution is 5.79.